The van der Waals surface area contributed by atoms with Gasteiger partial charge in [-0.3, -0.25) is 9.59 Å². The Kier molecular flexibility index (Phi) is 7.06. The summed E-state index contributed by atoms with van der Waals surface area (Å²) < 4.78 is 43.2. The van der Waals surface area contributed by atoms with E-state index < -0.39 is 23.8 Å². The SMILES string of the molecule is CCOC(=O)c1ccc(N2C(=O)C[C@@H](NC3CCN(c4ccc(C(F)(F)F)cn4)CC3)C2=O)cc1. The van der Waals surface area contributed by atoms with Crippen LogP contribution in [0.5, 0.6) is 0 Å². The van der Waals surface area contributed by atoms with Crippen molar-refractivity contribution in [1.82, 2.24) is 10.3 Å². The average Bonchev–Trinajstić information content (AvgIpc) is 3.12. The van der Waals surface area contributed by atoms with Gasteiger partial charge in [-0.25, -0.2) is 14.7 Å². The zero-order valence-electron chi connectivity index (χ0n) is 19.0. The fourth-order valence-corrected chi connectivity index (χ4v) is 4.29. The zero-order valence-corrected chi connectivity index (χ0v) is 19.0. The van der Waals surface area contributed by atoms with E-state index in [1.165, 1.54) is 18.2 Å². The van der Waals surface area contributed by atoms with Crippen LogP contribution in [0.2, 0.25) is 0 Å². The Morgan fingerprint density at radius 1 is 1.11 bits per heavy atom. The van der Waals surface area contributed by atoms with Crippen LogP contribution < -0.4 is 15.1 Å². The summed E-state index contributed by atoms with van der Waals surface area (Å²) in [5, 5.41) is 3.26. The summed E-state index contributed by atoms with van der Waals surface area (Å²) in [6.45, 7) is 3.07. The lowest BCUT2D eigenvalue weighted by atomic mass is 10.0. The predicted octanol–water partition coefficient (Wildman–Crippen LogP) is 3.17. The van der Waals surface area contributed by atoms with Gasteiger partial charge in [-0.05, 0) is 56.2 Å². The summed E-state index contributed by atoms with van der Waals surface area (Å²) in [5.41, 5.74) is -0.0680. The van der Waals surface area contributed by atoms with Gasteiger partial charge in [-0.1, -0.05) is 0 Å². The van der Waals surface area contributed by atoms with E-state index in [1.54, 1.807) is 19.1 Å². The highest BCUT2D eigenvalue weighted by molar-refractivity contribution is 6.22. The van der Waals surface area contributed by atoms with Gasteiger partial charge in [0.2, 0.25) is 5.91 Å². The summed E-state index contributed by atoms with van der Waals surface area (Å²) >= 11 is 0. The number of carbonyl (C=O) groups excluding carboxylic acids is 3. The number of esters is 1. The number of carbonyl (C=O) groups is 3. The largest absolute Gasteiger partial charge is 0.462 e. The first kappa shape index (κ1) is 24.6. The van der Waals surface area contributed by atoms with Crippen molar-refractivity contribution in [3.8, 4) is 0 Å². The van der Waals surface area contributed by atoms with E-state index in [4.69, 9.17) is 4.74 Å². The summed E-state index contributed by atoms with van der Waals surface area (Å²) in [6, 6.07) is 7.81. The normalized spacial score (nSPS) is 19.4. The summed E-state index contributed by atoms with van der Waals surface area (Å²) in [5.74, 6) is -0.690. The molecule has 0 aliphatic carbocycles. The highest BCUT2D eigenvalue weighted by Gasteiger charge is 2.41. The van der Waals surface area contributed by atoms with E-state index in [9.17, 15) is 27.6 Å². The number of imide groups is 1. The first-order valence-corrected chi connectivity index (χ1v) is 11.4. The second kappa shape index (κ2) is 10.0. The van der Waals surface area contributed by atoms with Gasteiger partial charge in [0, 0.05) is 25.3 Å². The molecule has 0 spiro atoms. The highest BCUT2D eigenvalue weighted by atomic mass is 19.4. The van der Waals surface area contributed by atoms with Crippen molar-refractivity contribution in [3.63, 3.8) is 0 Å². The lowest BCUT2D eigenvalue weighted by Gasteiger charge is -2.34. The molecular formula is C24H25F3N4O4. The van der Waals surface area contributed by atoms with Crippen LogP contribution in [0, 0.1) is 0 Å². The van der Waals surface area contributed by atoms with Gasteiger partial charge in [0.15, 0.2) is 0 Å². The number of halogens is 3. The molecule has 2 aliphatic rings. The molecule has 0 unspecified atom stereocenters. The summed E-state index contributed by atoms with van der Waals surface area (Å²) in [7, 11) is 0. The molecule has 8 nitrogen and oxygen atoms in total. The van der Waals surface area contributed by atoms with Crippen LogP contribution in [-0.4, -0.2) is 54.5 Å². The molecule has 2 aliphatic heterocycles. The van der Waals surface area contributed by atoms with Crippen LogP contribution in [0.3, 0.4) is 0 Å². The number of anilines is 2. The van der Waals surface area contributed by atoms with Gasteiger partial charge < -0.3 is 15.0 Å². The first-order chi connectivity index (χ1) is 16.7. The van der Waals surface area contributed by atoms with E-state index in [1.807, 2.05) is 4.90 Å². The van der Waals surface area contributed by atoms with Gasteiger partial charge in [-0.2, -0.15) is 13.2 Å². The molecule has 0 radical (unpaired) electrons. The second-order valence-corrected chi connectivity index (χ2v) is 8.42. The Labute approximate surface area is 200 Å². The third-order valence-electron chi connectivity index (χ3n) is 6.11. The molecule has 0 saturated carbocycles. The minimum absolute atomic E-state index is 0.0198. The minimum atomic E-state index is -4.43. The molecule has 2 amide bonds. The van der Waals surface area contributed by atoms with Gasteiger partial charge in [0.25, 0.3) is 5.91 Å². The maximum Gasteiger partial charge on any atom is 0.417 e. The monoisotopic (exact) mass is 490 g/mol. The number of amides is 2. The number of hydrogen-bond donors (Lipinski definition) is 1. The Morgan fingerprint density at radius 3 is 2.37 bits per heavy atom. The smallest absolute Gasteiger partial charge is 0.417 e. The zero-order chi connectivity index (χ0) is 25.2. The summed E-state index contributed by atoms with van der Waals surface area (Å²) in [4.78, 5) is 44.3. The molecule has 4 rings (SSSR count). The first-order valence-electron chi connectivity index (χ1n) is 11.4. The number of nitrogens with zero attached hydrogens (tertiary/aromatic N) is 3. The standard InChI is InChI=1S/C24H25F3N4O4/c1-2-35-23(34)15-3-6-18(7-4-15)31-21(32)13-19(22(31)33)29-17-9-11-30(12-10-17)20-8-5-16(14-28-20)24(25,26)27/h3-8,14,17,19,29H,2,9-13H2,1H3/t19-/m1/s1. The number of hydrogen-bond acceptors (Lipinski definition) is 7. The molecule has 1 aromatic heterocycles. The van der Waals surface area contributed by atoms with Crippen molar-refractivity contribution < 1.29 is 32.3 Å². The van der Waals surface area contributed by atoms with Crippen LogP contribution in [-0.2, 0) is 20.5 Å². The van der Waals surface area contributed by atoms with Gasteiger partial charge >= 0.3 is 12.1 Å². The number of alkyl halides is 3. The Bertz CT molecular complexity index is 1080. The highest BCUT2D eigenvalue weighted by Crippen LogP contribution is 2.30. The molecule has 35 heavy (non-hydrogen) atoms. The van der Waals surface area contributed by atoms with Crippen LogP contribution in [0.1, 0.15) is 42.1 Å². The third-order valence-corrected chi connectivity index (χ3v) is 6.11. The number of pyridine rings is 1. The van der Waals surface area contributed by atoms with Crippen LogP contribution in [0.25, 0.3) is 0 Å². The molecular weight excluding hydrogens is 465 g/mol. The molecule has 1 atom stereocenters. The van der Waals surface area contributed by atoms with Crippen molar-refractivity contribution in [1.29, 1.82) is 0 Å². The number of aromatic nitrogens is 1. The molecule has 2 saturated heterocycles. The van der Waals surface area contributed by atoms with Crippen molar-refractivity contribution in [3.05, 3.63) is 53.7 Å². The van der Waals surface area contributed by atoms with Gasteiger partial charge in [0.1, 0.15) is 5.82 Å². The van der Waals surface area contributed by atoms with Gasteiger partial charge in [-0.15, -0.1) is 0 Å². The molecule has 2 aromatic rings. The van der Waals surface area contributed by atoms with E-state index >= 15 is 0 Å². The van der Waals surface area contributed by atoms with Crippen LogP contribution in [0.4, 0.5) is 24.7 Å². The lowest BCUT2D eigenvalue weighted by Crippen LogP contribution is -2.49. The molecule has 186 valence electrons. The Balaban J connectivity index is 1.32. The topological polar surface area (TPSA) is 91.8 Å². The van der Waals surface area contributed by atoms with E-state index in [-0.39, 0.29) is 30.9 Å². The fourth-order valence-electron chi connectivity index (χ4n) is 4.29. The third kappa shape index (κ3) is 5.45. The van der Waals surface area contributed by atoms with Crippen molar-refractivity contribution in [2.75, 3.05) is 29.5 Å². The molecule has 3 heterocycles. The fraction of sp³-hybridized carbons (Fsp3) is 0.417. The number of benzene rings is 1. The Hall–Kier alpha value is -3.47. The Morgan fingerprint density at radius 2 is 1.80 bits per heavy atom. The number of nitrogens with one attached hydrogen (secondary N) is 1. The minimum Gasteiger partial charge on any atom is -0.462 e. The number of piperidine rings is 1. The second-order valence-electron chi connectivity index (χ2n) is 8.42. The van der Waals surface area contributed by atoms with E-state index in [0.29, 0.717) is 43.0 Å². The molecule has 1 N–H and O–H groups in total. The average molecular weight is 490 g/mol. The molecule has 1 aromatic carbocycles. The van der Waals surface area contributed by atoms with E-state index in [0.717, 1.165) is 17.2 Å². The number of ether oxygens (including phenoxy) is 1. The van der Waals surface area contributed by atoms with Crippen molar-refractivity contribution >= 4 is 29.3 Å². The lowest BCUT2D eigenvalue weighted by molar-refractivity contribution is -0.137. The van der Waals surface area contributed by atoms with Crippen molar-refractivity contribution in [2.24, 2.45) is 0 Å². The molecule has 0 bridgehead atoms. The molecule has 2 fully saturated rings. The summed E-state index contributed by atoms with van der Waals surface area (Å²) in [6.07, 6.45) is -2.27. The van der Waals surface area contributed by atoms with Crippen LogP contribution >= 0.6 is 0 Å². The maximum absolute atomic E-state index is 12.9. The molecule has 11 heteroatoms. The quantitative estimate of drug-likeness (QED) is 0.491. The maximum atomic E-state index is 12.9. The number of rotatable bonds is 6. The van der Waals surface area contributed by atoms with E-state index in [2.05, 4.69) is 10.3 Å². The predicted molar refractivity (Wildman–Crippen MR) is 121 cm³/mol. The van der Waals surface area contributed by atoms with Crippen LogP contribution in [0.15, 0.2) is 42.6 Å². The van der Waals surface area contributed by atoms with Crippen molar-refractivity contribution in [2.45, 2.75) is 44.4 Å². The van der Waals surface area contributed by atoms with Gasteiger partial charge in [0.05, 0.1) is 35.9 Å².